The molecule has 9 heteroatoms. The zero-order valence-electron chi connectivity index (χ0n) is 22.2. The van der Waals surface area contributed by atoms with Crippen molar-refractivity contribution in [2.75, 3.05) is 13.7 Å². The predicted octanol–water partition coefficient (Wildman–Crippen LogP) is 8.21. The molecule has 0 aliphatic heterocycles. The van der Waals surface area contributed by atoms with Crippen molar-refractivity contribution in [2.45, 2.75) is 64.1 Å². The van der Waals surface area contributed by atoms with Gasteiger partial charge >= 0.3 is 12.1 Å². The van der Waals surface area contributed by atoms with Crippen molar-refractivity contribution in [3.05, 3.63) is 76.0 Å². The lowest BCUT2D eigenvalue weighted by Gasteiger charge is -2.18. The van der Waals surface area contributed by atoms with Gasteiger partial charge in [0.05, 0.1) is 24.0 Å². The van der Waals surface area contributed by atoms with Crippen LogP contribution < -0.4 is 10.1 Å². The quantitative estimate of drug-likeness (QED) is 0.159. The van der Waals surface area contributed by atoms with Crippen LogP contribution in [0.15, 0.2) is 60.7 Å². The fraction of sp³-hybridized carbons (Fsp3) is 0.400. The Balaban J connectivity index is 1.69. The van der Waals surface area contributed by atoms with E-state index < -0.39 is 11.7 Å². The Morgan fingerprint density at radius 3 is 2.15 bits per heavy atom. The Morgan fingerprint density at radius 2 is 1.54 bits per heavy atom. The number of rotatable bonds is 14. The number of thiophene rings is 1. The summed E-state index contributed by atoms with van der Waals surface area (Å²) in [5, 5.41) is 2.73. The smallest absolute Gasteiger partial charge is 0.416 e. The van der Waals surface area contributed by atoms with Gasteiger partial charge in [-0.1, -0.05) is 56.9 Å². The molecule has 0 saturated heterocycles. The van der Waals surface area contributed by atoms with E-state index in [4.69, 9.17) is 4.74 Å². The van der Waals surface area contributed by atoms with Gasteiger partial charge in [0.15, 0.2) is 0 Å². The fourth-order valence-corrected chi connectivity index (χ4v) is 5.04. The van der Waals surface area contributed by atoms with E-state index in [-0.39, 0.29) is 30.9 Å². The first-order chi connectivity index (χ1) is 18.7. The SMILES string of the molecule is CCCCCCCC(Oc1ccc(-c2ccc(C(F)(F)F)cc2)cc1)c1ccc(C(=O)NCCC(=O)OC)s1. The normalized spacial score (nSPS) is 12.1. The van der Waals surface area contributed by atoms with Crippen molar-refractivity contribution in [1.29, 1.82) is 0 Å². The van der Waals surface area contributed by atoms with Crippen LogP contribution in [-0.2, 0) is 15.7 Å². The first-order valence-electron chi connectivity index (χ1n) is 13.1. The molecule has 3 aromatic rings. The van der Waals surface area contributed by atoms with Crippen LogP contribution in [0.25, 0.3) is 11.1 Å². The van der Waals surface area contributed by atoms with Crippen LogP contribution in [0, 0.1) is 0 Å². The molecular formula is C30H34F3NO4S. The molecular weight excluding hydrogens is 527 g/mol. The molecule has 39 heavy (non-hydrogen) atoms. The molecule has 2 aromatic carbocycles. The molecule has 1 unspecified atom stereocenters. The van der Waals surface area contributed by atoms with E-state index in [2.05, 4.69) is 17.0 Å². The number of carbonyl (C=O) groups excluding carboxylic acids is 2. The molecule has 1 aromatic heterocycles. The van der Waals surface area contributed by atoms with E-state index in [1.54, 1.807) is 6.07 Å². The second-order valence-corrected chi connectivity index (χ2v) is 10.3. The van der Waals surface area contributed by atoms with E-state index in [1.807, 2.05) is 30.3 Å². The van der Waals surface area contributed by atoms with Gasteiger partial charge in [0.1, 0.15) is 11.9 Å². The molecule has 1 atom stereocenters. The lowest BCUT2D eigenvalue weighted by Crippen LogP contribution is -2.25. The van der Waals surface area contributed by atoms with Gasteiger partial charge in [-0.15, -0.1) is 11.3 Å². The number of methoxy groups -OCH3 is 1. The number of nitrogens with one attached hydrogen (secondary N) is 1. The first kappa shape index (κ1) is 30.2. The Labute approximate surface area is 231 Å². The average molecular weight is 562 g/mol. The number of hydrogen-bond acceptors (Lipinski definition) is 5. The molecule has 5 nitrogen and oxygen atoms in total. The molecule has 0 bridgehead atoms. The molecule has 1 heterocycles. The molecule has 0 saturated carbocycles. The maximum atomic E-state index is 12.9. The van der Waals surface area contributed by atoms with E-state index in [0.29, 0.717) is 16.2 Å². The van der Waals surface area contributed by atoms with Gasteiger partial charge in [-0.3, -0.25) is 9.59 Å². The average Bonchev–Trinajstić information content (AvgIpc) is 3.42. The van der Waals surface area contributed by atoms with Crippen LogP contribution in [0.3, 0.4) is 0 Å². The highest BCUT2D eigenvalue weighted by Crippen LogP contribution is 2.34. The zero-order chi connectivity index (χ0) is 28.3. The molecule has 0 aliphatic rings. The summed E-state index contributed by atoms with van der Waals surface area (Å²) in [6.45, 7) is 2.37. The minimum Gasteiger partial charge on any atom is -0.485 e. The summed E-state index contributed by atoms with van der Waals surface area (Å²) in [5.74, 6) is 0.00230. The summed E-state index contributed by atoms with van der Waals surface area (Å²) < 4.78 is 49.6. The minimum absolute atomic E-state index is 0.104. The molecule has 0 aliphatic carbocycles. The largest absolute Gasteiger partial charge is 0.485 e. The summed E-state index contributed by atoms with van der Waals surface area (Å²) in [7, 11) is 1.31. The van der Waals surface area contributed by atoms with E-state index in [1.165, 1.54) is 37.0 Å². The topological polar surface area (TPSA) is 64.6 Å². The summed E-state index contributed by atoms with van der Waals surface area (Å²) in [5.41, 5.74) is 0.790. The lowest BCUT2D eigenvalue weighted by molar-refractivity contribution is -0.140. The van der Waals surface area contributed by atoms with E-state index >= 15 is 0 Å². The Morgan fingerprint density at radius 1 is 0.897 bits per heavy atom. The number of amides is 1. The van der Waals surface area contributed by atoms with Gasteiger partial charge < -0.3 is 14.8 Å². The molecule has 1 amide bonds. The van der Waals surface area contributed by atoms with E-state index in [0.717, 1.165) is 54.7 Å². The predicted molar refractivity (Wildman–Crippen MR) is 147 cm³/mol. The fourth-order valence-electron chi connectivity index (χ4n) is 4.05. The maximum absolute atomic E-state index is 12.9. The standard InChI is InChI=1S/C30H34F3NO4S/c1-3-4-5-6-7-8-25(26-17-18-27(39-26)29(36)34-20-19-28(35)37-2)38-24-15-11-22(12-16-24)21-9-13-23(14-10-21)30(31,32)33/h9-18,25H,3-8,19-20H2,1-2H3,(H,34,36). The van der Waals surface area contributed by atoms with Crippen molar-refractivity contribution >= 4 is 23.2 Å². The third-order valence-electron chi connectivity index (χ3n) is 6.26. The number of esters is 1. The van der Waals surface area contributed by atoms with Crippen molar-refractivity contribution in [3.63, 3.8) is 0 Å². The van der Waals surface area contributed by atoms with Crippen molar-refractivity contribution < 1.29 is 32.2 Å². The lowest BCUT2D eigenvalue weighted by atomic mass is 10.0. The first-order valence-corrected chi connectivity index (χ1v) is 13.9. The van der Waals surface area contributed by atoms with Crippen LogP contribution >= 0.6 is 11.3 Å². The third-order valence-corrected chi connectivity index (χ3v) is 7.43. The number of hydrogen-bond donors (Lipinski definition) is 1. The molecule has 3 rings (SSSR count). The Hall–Kier alpha value is -3.33. The molecule has 210 valence electrons. The second kappa shape index (κ2) is 14.7. The number of carbonyl (C=O) groups is 2. The Kier molecular flexibility index (Phi) is 11.4. The zero-order valence-corrected chi connectivity index (χ0v) is 23.0. The van der Waals surface area contributed by atoms with Gasteiger partial charge in [0.25, 0.3) is 5.91 Å². The minimum atomic E-state index is -4.37. The number of alkyl halides is 3. The van der Waals surface area contributed by atoms with Crippen molar-refractivity contribution in [2.24, 2.45) is 0 Å². The number of ether oxygens (including phenoxy) is 2. The summed E-state index contributed by atoms with van der Waals surface area (Å²) in [6.07, 6.45) is 1.85. The molecule has 0 fully saturated rings. The highest BCUT2D eigenvalue weighted by Gasteiger charge is 2.30. The highest BCUT2D eigenvalue weighted by atomic mass is 32.1. The second-order valence-electron chi connectivity index (χ2n) is 9.19. The summed E-state index contributed by atoms with van der Waals surface area (Å²) >= 11 is 1.36. The molecule has 0 spiro atoms. The van der Waals surface area contributed by atoms with Gasteiger partial charge in [0, 0.05) is 11.4 Å². The number of unbranched alkanes of at least 4 members (excludes halogenated alkanes) is 4. The van der Waals surface area contributed by atoms with Gasteiger partial charge in [-0.2, -0.15) is 13.2 Å². The van der Waals surface area contributed by atoms with E-state index in [9.17, 15) is 22.8 Å². The van der Waals surface area contributed by atoms with Crippen LogP contribution in [-0.4, -0.2) is 25.5 Å². The summed E-state index contributed by atoms with van der Waals surface area (Å²) in [6, 6.07) is 16.0. The monoisotopic (exact) mass is 561 g/mol. The van der Waals surface area contributed by atoms with Crippen LogP contribution in [0.4, 0.5) is 13.2 Å². The number of benzene rings is 2. The Bertz CT molecular complexity index is 1190. The van der Waals surface area contributed by atoms with Gasteiger partial charge in [0.2, 0.25) is 0 Å². The molecule has 1 N–H and O–H groups in total. The third kappa shape index (κ3) is 9.42. The van der Waals surface area contributed by atoms with Crippen molar-refractivity contribution in [3.8, 4) is 16.9 Å². The van der Waals surface area contributed by atoms with Crippen LogP contribution in [0.5, 0.6) is 5.75 Å². The van der Waals surface area contributed by atoms with Gasteiger partial charge in [-0.05, 0) is 60.4 Å². The van der Waals surface area contributed by atoms with Crippen LogP contribution in [0.1, 0.15) is 78.1 Å². The maximum Gasteiger partial charge on any atom is 0.416 e. The number of halogens is 3. The van der Waals surface area contributed by atoms with Crippen molar-refractivity contribution in [1.82, 2.24) is 5.32 Å². The van der Waals surface area contributed by atoms with Gasteiger partial charge in [-0.25, -0.2) is 0 Å². The van der Waals surface area contributed by atoms with Crippen LogP contribution in [0.2, 0.25) is 0 Å². The molecule has 0 radical (unpaired) electrons. The summed E-state index contributed by atoms with van der Waals surface area (Å²) in [4.78, 5) is 25.3. The highest BCUT2D eigenvalue weighted by molar-refractivity contribution is 7.14.